The molecule has 2 aromatic heterocycles. The fourth-order valence-corrected chi connectivity index (χ4v) is 9.96. The van der Waals surface area contributed by atoms with Crippen LogP contribution in [0.25, 0.3) is 16.6 Å². The SMILES string of the molecule is C=C1CC(c2ccccc2C2CC2)N(C2CC=C(c3ccc(C(=O)NS(=O)(=O)c4ccc(NCC5CCOCC5)c([N+](=O)[O-])c4)c(Oc4cnc5[nH]ccc5c4)c3)CC2)C1. The van der Waals surface area contributed by atoms with Crippen molar-refractivity contribution in [2.75, 3.05) is 31.6 Å². The van der Waals surface area contributed by atoms with E-state index in [9.17, 15) is 23.3 Å². The zero-order valence-corrected chi connectivity index (χ0v) is 34.1. The van der Waals surface area contributed by atoms with Gasteiger partial charge in [-0.15, -0.1) is 0 Å². The van der Waals surface area contributed by atoms with Crippen LogP contribution < -0.4 is 14.8 Å². The van der Waals surface area contributed by atoms with Crippen molar-refractivity contribution >= 4 is 43.9 Å². The molecule has 2 aliphatic heterocycles. The number of likely N-dealkylation sites (tertiary alicyclic amines) is 1. The standard InChI is InChI=1S/C46H48N6O7S/c1-29-22-42(39-5-3-2-4-38(39)32-6-7-32)51(28-29)35-11-8-31(9-12-35)33-10-14-40(44(24-33)59-36-23-34-16-19-47-45(34)49-27-36)46(53)50-60(56,57)37-13-15-41(43(25-37)52(54)55)48-26-30-17-20-58-21-18-30/h2-5,8,10,13-16,19,23-25,27,30,32,35,42,48H,1,6-7,9,11-12,17-18,20-22,26,28H2,(H,47,49)(H,50,53). The molecule has 4 aliphatic rings. The molecule has 2 unspecified atom stereocenters. The highest BCUT2D eigenvalue weighted by Gasteiger charge is 2.37. The number of rotatable bonds is 13. The zero-order valence-electron chi connectivity index (χ0n) is 33.3. The van der Waals surface area contributed by atoms with Gasteiger partial charge in [0.2, 0.25) is 0 Å². The number of nitrogens with one attached hydrogen (secondary N) is 3. The summed E-state index contributed by atoms with van der Waals surface area (Å²) >= 11 is 0. The van der Waals surface area contributed by atoms with Crippen molar-refractivity contribution in [1.29, 1.82) is 0 Å². The third-order valence-corrected chi connectivity index (χ3v) is 13.7. The normalized spacial score (nSPS) is 20.2. The largest absolute Gasteiger partial charge is 0.455 e. The van der Waals surface area contributed by atoms with Gasteiger partial charge < -0.3 is 19.8 Å². The first-order valence-corrected chi connectivity index (χ1v) is 22.2. The number of aromatic nitrogens is 2. The minimum Gasteiger partial charge on any atom is -0.455 e. The number of pyridine rings is 1. The third-order valence-electron chi connectivity index (χ3n) is 12.3. The smallest absolute Gasteiger partial charge is 0.293 e. The van der Waals surface area contributed by atoms with Crippen LogP contribution in [-0.2, 0) is 14.8 Å². The van der Waals surface area contributed by atoms with Crippen LogP contribution in [0.4, 0.5) is 11.4 Å². The Balaban J connectivity index is 0.961. The number of H-pyrrole nitrogens is 1. The predicted octanol–water partition coefficient (Wildman–Crippen LogP) is 9.04. The first kappa shape index (κ1) is 39.6. The lowest BCUT2D eigenvalue weighted by Gasteiger charge is -2.36. The molecule has 3 aromatic carbocycles. The second-order valence-corrected chi connectivity index (χ2v) is 18.1. The Kier molecular flexibility index (Phi) is 11.0. The van der Waals surface area contributed by atoms with Crippen molar-refractivity contribution in [2.45, 2.75) is 74.3 Å². The number of hydrogen-bond acceptors (Lipinski definition) is 10. The summed E-state index contributed by atoms with van der Waals surface area (Å²) in [6.07, 6.45) is 13.3. The summed E-state index contributed by atoms with van der Waals surface area (Å²) in [4.78, 5) is 35.1. The number of nitro groups is 1. The van der Waals surface area contributed by atoms with Gasteiger partial charge in [-0.05, 0) is 122 Å². The highest BCUT2D eigenvalue weighted by atomic mass is 32.2. The van der Waals surface area contributed by atoms with Crippen molar-refractivity contribution in [1.82, 2.24) is 19.6 Å². The number of ether oxygens (including phenoxy) is 2. The van der Waals surface area contributed by atoms with E-state index in [2.05, 4.69) is 61.8 Å². The quantitative estimate of drug-likeness (QED) is 0.0592. The van der Waals surface area contributed by atoms with Crippen LogP contribution in [0.5, 0.6) is 11.5 Å². The number of allylic oxidation sites excluding steroid dienone is 1. The average Bonchev–Trinajstić information content (AvgIpc) is 3.88. The van der Waals surface area contributed by atoms with Crippen molar-refractivity contribution in [3.05, 3.63) is 136 Å². The van der Waals surface area contributed by atoms with Crippen LogP contribution in [0.15, 0.2) is 108 Å². The first-order chi connectivity index (χ1) is 29.1. The number of nitrogens with zero attached hydrogens (tertiary/aromatic N) is 3. The molecule has 2 atom stereocenters. The summed E-state index contributed by atoms with van der Waals surface area (Å²) in [7, 11) is -4.55. The fourth-order valence-electron chi connectivity index (χ4n) is 8.98. The van der Waals surface area contributed by atoms with E-state index in [0.717, 1.165) is 67.7 Å². The molecule has 0 spiro atoms. The van der Waals surface area contributed by atoms with Crippen LogP contribution in [0.3, 0.4) is 0 Å². The van der Waals surface area contributed by atoms with E-state index in [4.69, 9.17) is 9.47 Å². The Morgan fingerprint density at radius 3 is 2.60 bits per heavy atom. The molecule has 14 heteroatoms. The summed E-state index contributed by atoms with van der Waals surface area (Å²) in [5.41, 5.74) is 6.59. The topological polar surface area (TPSA) is 169 Å². The molecule has 0 bridgehead atoms. The van der Waals surface area contributed by atoms with E-state index in [1.165, 1.54) is 47.9 Å². The molecule has 5 aromatic rings. The molecule has 9 rings (SSSR count). The van der Waals surface area contributed by atoms with Gasteiger partial charge >= 0.3 is 0 Å². The number of fused-ring (bicyclic) bond motifs is 1. The number of carbonyl (C=O) groups excluding carboxylic acids is 1. The third kappa shape index (κ3) is 8.45. The molecule has 2 saturated heterocycles. The van der Waals surface area contributed by atoms with Gasteiger partial charge in [-0.2, -0.15) is 0 Å². The lowest BCUT2D eigenvalue weighted by molar-refractivity contribution is -0.384. The van der Waals surface area contributed by atoms with Gasteiger partial charge in [-0.25, -0.2) is 18.1 Å². The maximum atomic E-state index is 13.9. The minimum absolute atomic E-state index is 0.0252. The molecule has 13 nitrogen and oxygen atoms in total. The van der Waals surface area contributed by atoms with Crippen LogP contribution >= 0.6 is 0 Å². The number of carbonyl (C=O) groups is 1. The molecule has 60 heavy (non-hydrogen) atoms. The Hall–Kier alpha value is -5.83. The number of sulfonamides is 1. The molecule has 3 N–H and O–H groups in total. The second kappa shape index (κ2) is 16.7. The number of amides is 1. The molecule has 4 heterocycles. The Morgan fingerprint density at radius 2 is 1.83 bits per heavy atom. The maximum absolute atomic E-state index is 13.9. The fraction of sp³-hybridized carbons (Fsp3) is 0.348. The van der Waals surface area contributed by atoms with Gasteiger partial charge in [0.15, 0.2) is 0 Å². The van der Waals surface area contributed by atoms with Crippen LogP contribution in [0.2, 0.25) is 0 Å². The molecule has 2 aliphatic carbocycles. The van der Waals surface area contributed by atoms with Gasteiger partial charge in [0.05, 0.1) is 21.6 Å². The number of aromatic amines is 1. The highest BCUT2D eigenvalue weighted by Crippen LogP contribution is 2.48. The first-order valence-electron chi connectivity index (χ1n) is 20.7. The highest BCUT2D eigenvalue weighted by molar-refractivity contribution is 7.90. The summed E-state index contributed by atoms with van der Waals surface area (Å²) < 4.78 is 41.2. The predicted molar refractivity (Wildman–Crippen MR) is 230 cm³/mol. The van der Waals surface area contributed by atoms with Crippen molar-refractivity contribution in [3.8, 4) is 11.5 Å². The van der Waals surface area contributed by atoms with E-state index in [1.54, 1.807) is 24.4 Å². The Morgan fingerprint density at radius 1 is 1.02 bits per heavy atom. The summed E-state index contributed by atoms with van der Waals surface area (Å²) in [6, 6.07) is 21.9. The van der Waals surface area contributed by atoms with Crippen LogP contribution in [0, 0.1) is 16.0 Å². The minimum atomic E-state index is -4.55. The lowest BCUT2D eigenvalue weighted by atomic mass is 9.88. The van der Waals surface area contributed by atoms with E-state index in [0.29, 0.717) is 49.2 Å². The monoisotopic (exact) mass is 828 g/mol. The van der Waals surface area contributed by atoms with Crippen LogP contribution in [0.1, 0.15) is 90.4 Å². The Bertz CT molecular complexity index is 2610. The number of hydrogen-bond donors (Lipinski definition) is 3. The molecule has 0 radical (unpaired) electrons. The van der Waals surface area contributed by atoms with E-state index in [-0.39, 0.29) is 22.9 Å². The molecule has 1 saturated carbocycles. The van der Waals surface area contributed by atoms with Gasteiger partial charge in [-0.1, -0.05) is 48.6 Å². The molecule has 1 amide bonds. The van der Waals surface area contributed by atoms with Gasteiger partial charge in [0.1, 0.15) is 22.8 Å². The van der Waals surface area contributed by atoms with E-state index < -0.39 is 31.4 Å². The van der Waals surface area contributed by atoms with Gasteiger partial charge in [0, 0.05) is 56.0 Å². The average molecular weight is 829 g/mol. The second-order valence-electron chi connectivity index (χ2n) is 16.4. The molecule has 3 fully saturated rings. The van der Waals surface area contributed by atoms with Crippen molar-refractivity contribution in [2.24, 2.45) is 5.92 Å². The maximum Gasteiger partial charge on any atom is 0.293 e. The van der Waals surface area contributed by atoms with Gasteiger partial charge in [0.25, 0.3) is 21.6 Å². The molecule has 310 valence electrons. The molecular formula is C46H48N6O7S. The molecular weight excluding hydrogens is 781 g/mol. The van der Waals surface area contributed by atoms with E-state index in [1.807, 2.05) is 12.1 Å². The lowest BCUT2D eigenvalue weighted by Crippen LogP contribution is -2.36. The Labute approximate surface area is 349 Å². The summed E-state index contributed by atoms with van der Waals surface area (Å²) in [6.45, 7) is 7.03. The van der Waals surface area contributed by atoms with Crippen molar-refractivity contribution in [3.63, 3.8) is 0 Å². The summed E-state index contributed by atoms with van der Waals surface area (Å²) in [5, 5.41) is 16.0. The van der Waals surface area contributed by atoms with Gasteiger partial charge in [-0.3, -0.25) is 19.8 Å². The summed E-state index contributed by atoms with van der Waals surface area (Å²) in [5.74, 6) is 0.506. The number of benzene rings is 3. The zero-order chi connectivity index (χ0) is 41.4. The van der Waals surface area contributed by atoms with Crippen LogP contribution in [-0.4, -0.2) is 66.5 Å². The van der Waals surface area contributed by atoms with Crippen molar-refractivity contribution < 1.29 is 27.6 Å². The number of anilines is 1. The number of nitro benzene ring substituents is 1. The van der Waals surface area contributed by atoms with E-state index >= 15 is 0 Å².